The maximum atomic E-state index is 12.2. The van der Waals surface area contributed by atoms with E-state index >= 15 is 0 Å². The van der Waals surface area contributed by atoms with Gasteiger partial charge in [-0.2, -0.15) is 0 Å². The zero-order valence-corrected chi connectivity index (χ0v) is 16.6. The van der Waals surface area contributed by atoms with Gasteiger partial charge in [-0.3, -0.25) is 9.32 Å². The lowest BCUT2D eigenvalue weighted by molar-refractivity contribution is -0.144. The van der Waals surface area contributed by atoms with Gasteiger partial charge in [0, 0.05) is 24.7 Å². The number of fused-ring (bicyclic) bond motifs is 3. The maximum absolute atomic E-state index is 12.2. The Morgan fingerprint density at radius 2 is 1.76 bits per heavy atom. The van der Waals surface area contributed by atoms with Crippen molar-refractivity contribution in [3.05, 3.63) is 78.4 Å². The molecule has 7 nitrogen and oxygen atoms in total. The number of nitrogens with zero attached hydrogens (tertiary/aromatic N) is 2. The Hall–Kier alpha value is -2.73. The summed E-state index contributed by atoms with van der Waals surface area (Å²) >= 11 is 0. The van der Waals surface area contributed by atoms with Gasteiger partial charge in [0.05, 0.1) is 6.61 Å². The molecule has 0 aliphatic heterocycles. The number of rotatable bonds is 8. The topological polar surface area (TPSA) is 90.7 Å². The third-order valence-corrected chi connectivity index (χ3v) is 6.28. The van der Waals surface area contributed by atoms with Crippen molar-refractivity contribution in [3.63, 3.8) is 0 Å². The first-order chi connectivity index (χ1) is 14.1. The summed E-state index contributed by atoms with van der Waals surface area (Å²) in [6.07, 6.45) is 4.36. The van der Waals surface area contributed by atoms with Crippen molar-refractivity contribution in [2.75, 3.05) is 13.2 Å². The molecule has 1 N–H and O–H groups in total. The molecule has 0 saturated heterocycles. The summed E-state index contributed by atoms with van der Waals surface area (Å²) in [6.45, 7) is 0.234. The second-order valence-electron chi connectivity index (χ2n) is 6.78. The van der Waals surface area contributed by atoms with Crippen LogP contribution in [-0.4, -0.2) is 33.4 Å². The van der Waals surface area contributed by atoms with E-state index in [1.807, 2.05) is 24.3 Å². The van der Waals surface area contributed by atoms with Gasteiger partial charge in [0.2, 0.25) is 0 Å². The fraction of sp³-hybridized carbons (Fsp3) is 0.238. The zero-order chi connectivity index (χ0) is 20.3. The van der Waals surface area contributed by atoms with Crippen molar-refractivity contribution in [2.24, 2.45) is 0 Å². The molecular weight excluding hydrogens is 391 g/mol. The number of ether oxygens (including phenoxy) is 1. The second kappa shape index (κ2) is 8.33. The molecule has 4 rings (SSSR count). The highest BCUT2D eigenvalue weighted by Crippen LogP contribution is 2.45. The molecule has 0 fully saturated rings. The first kappa shape index (κ1) is 19.6. The Bertz CT molecular complexity index is 1010. The van der Waals surface area contributed by atoms with Crippen molar-refractivity contribution in [1.82, 2.24) is 9.32 Å². The van der Waals surface area contributed by atoms with E-state index < -0.39 is 7.75 Å². The van der Waals surface area contributed by atoms with E-state index in [1.165, 1.54) is 29.8 Å². The summed E-state index contributed by atoms with van der Waals surface area (Å²) < 4.78 is 23.5. The largest absolute Gasteiger partial charge is 0.465 e. The fourth-order valence-electron chi connectivity index (χ4n) is 3.56. The Morgan fingerprint density at radius 1 is 1.10 bits per heavy atom. The summed E-state index contributed by atoms with van der Waals surface area (Å²) in [5.41, 5.74) is 4.67. The quantitative estimate of drug-likeness (QED) is 0.342. The van der Waals surface area contributed by atoms with Crippen LogP contribution < -0.4 is 0 Å². The minimum atomic E-state index is -3.96. The van der Waals surface area contributed by atoms with E-state index in [0.29, 0.717) is 0 Å². The molecule has 1 heterocycles. The normalized spacial score (nSPS) is 14.8. The van der Waals surface area contributed by atoms with Gasteiger partial charge in [0.1, 0.15) is 12.9 Å². The van der Waals surface area contributed by atoms with Crippen LogP contribution in [0.5, 0.6) is 0 Å². The Kier molecular flexibility index (Phi) is 5.62. The number of benzene rings is 2. The molecule has 3 aromatic rings. The number of imidazole rings is 1. The second-order valence-corrected chi connectivity index (χ2v) is 8.48. The van der Waals surface area contributed by atoms with Crippen LogP contribution in [0.4, 0.5) is 0 Å². The molecule has 0 bridgehead atoms. The SMILES string of the molecule is O=C(CCCOP(=O)(O)n1ccnc1)OCC1c2ccccc2-c2ccccc21. The standard InChI is InChI=1S/C21H21N2O5P/c24-21(10-5-13-28-29(25,26)23-12-11-22-15-23)27-14-20-18-8-3-1-6-16(18)17-7-2-4-9-19(17)20/h1-4,6-9,11-12,15,20H,5,10,13-14H2,(H,25,26). The Morgan fingerprint density at radius 3 is 2.38 bits per heavy atom. The van der Waals surface area contributed by atoms with E-state index in [2.05, 4.69) is 29.2 Å². The molecular formula is C21H21N2O5P. The number of hydrogen-bond acceptors (Lipinski definition) is 5. The van der Waals surface area contributed by atoms with Gasteiger partial charge in [-0.15, -0.1) is 0 Å². The molecule has 0 radical (unpaired) electrons. The fourth-order valence-corrected chi connectivity index (χ4v) is 4.47. The van der Waals surface area contributed by atoms with E-state index in [-0.39, 0.29) is 37.9 Å². The smallest absolute Gasteiger partial charge is 0.437 e. The molecule has 0 saturated carbocycles. The molecule has 1 aromatic heterocycles. The zero-order valence-electron chi connectivity index (χ0n) is 15.7. The number of aromatic nitrogens is 2. The van der Waals surface area contributed by atoms with Crippen LogP contribution in [0.1, 0.15) is 29.9 Å². The lowest BCUT2D eigenvalue weighted by Gasteiger charge is -2.14. The van der Waals surface area contributed by atoms with Gasteiger partial charge >= 0.3 is 13.7 Å². The predicted molar refractivity (Wildman–Crippen MR) is 107 cm³/mol. The van der Waals surface area contributed by atoms with Gasteiger partial charge in [-0.1, -0.05) is 48.5 Å². The molecule has 150 valence electrons. The number of hydrogen-bond donors (Lipinski definition) is 1. The highest BCUT2D eigenvalue weighted by Gasteiger charge is 2.29. The lowest BCUT2D eigenvalue weighted by atomic mass is 9.98. The maximum Gasteiger partial charge on any atom is 0.437 e. The van der Waals surface area contributed by atoms with Crippen molar-refractivity contribution in [3.8, 4) is 11.1 Å². The monoisotopic (exact) mass is 412 g/mol. The average molecular weight is 412 g/mol. The van der Waals surface area contributed by atoms with Crippen molar-refractivity contribution in [2.45, 2.75) is 18.8 Å². The van der Waals surface area contributed by atoms with Gasteiger partial charge in [0.25, 0.3) is 0 Å². The van der Waals surface area contributed by atoms with Crippen LogP contribution in [0.15, 0.2) is 67.3 Å². The summed E-state index contributed by atoms with van der Waals surface area (Å²) in [6, 6.07) is 16.3. The van der Waals surface area contributed by atoms with Crippen LogP contribution in [0.3, 0.4) is 0 Å². The van der Waals surface area contributed by atoms with E-state index in [9.17, 15) is 14.3 Å². The molecule has 1 unspecified atom stereocenters. The minimum absolute atomic E-state index is 0.0153. The Labute approximate surface area is 168 Å². The van der Waals surface area contributed by atoms with Crippen molar-refractivity contribution < 1.29 is 23.5 Å². The molecule has 1 aliphatic rings. The van der Waals surface area contributed by atoms with Crippen LogP contribution in [0, 0.1) is 0 Å². The van der Waals surface area contributed by atoms with Gasteiger partial charge in [0.15, 0.2) is 0 Å². The molecule has 2 aromatic carbocycles. The first-order valence-electron chi connectivity index (χ1n) is 9.36. The number of esters is 1. The van der Waals surface area contributed by atoms with Gasteiger partial charge in [-0.25, -0.2) is 13.9 Å². The third-order valence-electron chi connectivity index (χ3n) is 4.94. The summed E-state index contributed by atoms with van der Waals surface area (Å²) in [5, 5.41) is 0. The van der Waals surface area contributed by atoms with E-state index in [1.54, 1.807) is 0 Å². The first-order valence-corrected chi connectivity index (χ1v) is 10.9. The minimum Gasteiger partial charge on any atom is -0.465 e. The number of carbonyl (C=O) groups is 1. The Balaban J connectivity index is 1.29. The predicted octanol–water partition coefficient (Wildman–Crippen LogP) is 3.98. The lowest BCUT2D eigenvalue weighted by Crippen LogP contribution is -2.13. The third kappa shape index (κ3) is 4.17. The molecule has 29 heavy (non-hydrogen) atoms. The van der Waals surface area contributed by atoms with E-state index in [0.717, 1.165) is 15.5 Å². The van der Waals surface area contributed by atoms with Crippen molar-refractivity contribution >= 4 is 13.7 Å². The van der Waals surface area contributed by atoms with Crippen molar-refractivity contribution in [1.29, 1.82) is 0 Å². The highest BCUT2D eigenvalue weighted by molar-refractivity contribution is 7.51. The van der Waals surface area contributed by atoms with Gasteiger partial charge in [-0.05, 0) is 28.7 Å². The van der Waals surface area contributed by atoms with Gasteiger partial charge < -0.3 is 9.63 Å². The van der Waals surface area contributed by atoms with Crippen LogP contribution >= 0.6 is 7.75 Å². The summed E-state index contributed by atoms with van der Waals surface area (Å²) in [4.78, 5) is 25.7. The van der Waals surface area contributed by atoms with Crippen LogP contribution in [-0.2, 0) is 18.6 Å². The highest BCUT2D eigenvalue weighted by atomic mass is 31.2. The van der Waals surface area contributed by atoms with Crippen LogP contribution in [0.2, 0.25) is 0 Å². The molecule has 0 amide bonds. The van der Waals surface area contributed by atoms with E-state index in [4.69, 9.17) is 9.26 Å². The molecule has 1 atom stereocenters. The average Bonchev–Trinajstić information content (AvgIpc) is 3.37. The molecule has 1 aliphatic carbocycles. The molecule has 8 heteroatoms. The van der Waals surface area contributed by atoms with Crippen LogP contribution in [0.25, 0.3) is 11.1 Å². The number of carbonyl (C=O) groups excluding carboxylic acids is 1. The summed E-state index contributed by atoms with van der Waals surface area (Å²) in [7, 11) is -3.96. The molecule has 0 spiro atoms. The summed E-state index contributed by atoms with van der Waals surface area (Å²) in [5.74, 6) is -0.340.